The van der Waals surface area contributed by atoms with E-state index in [4.69, 9.17) is 11.6 Å². The van der Waals surface area contributed by atoms with Crippen molar-refractivity contribution in [1.82, 2.24) is 4.57 Å². The smallest absolute Gasteiger partial charge is 0.261 e. The number of rotatable bonds is 2. The van der Waals surface area contributed by atoms with Crippen molar-refractivity contribution < 1.29 is 4.79 Å². The Morgan fingerprint density at radius 1 is 1.09 bits per heavy atom. The van der Waals surface area contributed by atoms with Gasteiger partial charge in [-0.15, -0.1) is 0 Å². The lowest BCUT2D eigenvalue weighted by Crippen LogP contribution is -2.23. The number of nitrogens with one attached hydrogen (secondary N) is 1. The number of aromatic nitrogens is 1. The van der Waals surface area contributed by atoms with Gasteiger partial charge in [0.05, 0.1) is 16.2 Å². The molecule has 1 N–H and O–H groups in total. The number of hydrogen-bond acceptors (Lipinski definition) is 2. The summed E-state index contributed by atoms with van der Waals surface area (Å²) in [6.45, 7) is 0. The van der Waals surface area contributed by atoms with Crippen LogP contribution in [0, 0.1) is 0 Å². The summed E-state index contributed by atoms with van der Waals surface area (Å²) < 4.78 is 1.76. The lowest BCUT2D eigenvalue weighted by atomic mass is 10.1. The molecule has 0 aliphatic carbocycles. The molecule has 110 valence electrons. The van der Waals surface area contributed by atoms with E-state index in [9.17, 15) is 9.59 Å². The maximum Gasteiger partial charge on any atom is 0.261 e. The van der Waals surface area contributed by atoms with Crippen LogP contribution in [0.15, 0.2) is 59.5 Å². The number of para-hydroxylation sites is 2. The molecule has 0 saturated carbocycles. The van der Waals surface area contributed by atoms with Crippen molar-refractivity contribution in [3.8, 4) is 0 Å². The van der Waals surface area contributed by atoms with Crippen LogP contribution in [0.2, 0.25) is 5.02 Å². The minimum absolute atomic E-state index is 0.0844. The second-order valence-corrected chi connectivity index (χ2v) is 5.34. The van der Waals surface area contributed by atoms with E-state index in [2.05, 4.69) is 5.32 Å². The number of pyridine rings is 1. The number of carbonyl (C=O) groups excluding carboxylic acids is 1. The van der Waals surface area contributed by atoms with Gasteiger partial charge in [-0.1, -0.05) is 35.9 Å². The summed E-state index contributed by atoms with van der Waals surface area (Å²) in [6, 6.07) is 14.1. The van der Waals surface area contributed by atoms with Gasteiger partial charge in [-0.05, 0) is 24.3 Å². The summed E-state index contributed by atoms with van der Waals surface area (Å²) in [5.74, 6) is -0.473. The Bertz CT molecular complexity index is 931. The van der Waals surface area contributed by atoms with Crippen molar-refractivity contribution in [2.45, 2.75) is 0 Å². The molecule has 1 amide bonds. The Morgan fingerprint density at radius 2 is 1.77 bits per heavy atom. The molecule has 0 unspecified atom stereocenters. The fourth-order valence-electron chi connectivity index (χ4n) is 2.35. The van der Waals surface area contributed by atoms with Crippen molar-refractivity contribution in [2.24, 2.45) is 7.05 Å². The summed E-state index contributed by atoms with van der Waals surface area (Å²) >= 11 is 6.02. The maximum atomic E-state index is 12.5. The number of nitrogens with zero attached hydrogens (tertiary/aromatic N) is 1. The number of benzene rings is 2. The van der Waals surface area contributed by atoms with Crippen LogP contribution in [0.4, 0.5) is 5.69 Å². The molecular weight excluding hydrogens is 300 g/mol. The third-order valence-corrected chi connectivity index (χ3v) is 3.79. The van der Waals surface area contributed by atoms with Gasteiger partial charge in [0.15, 0.2) is 0 Å². The summed E-state index contributed by atoms with van der Waals surface area (Å²) in [6.07, 6.45) is 1.54. The van der Waals surface area contributed by atoms with Gasteiger partial charge in [0.2, 0.25) is 5.43 Å². The molecule has 5 heteroatoms. The topological polar surface area (TPSA) is 51.1 Å². The maximum absolute atomic E-state index is 12.5. The largest absolute Gasteiger partial charge is 0.350 e. The zero-order valence-electron chi connectivity index (χ0n) is 11.8. The van der Waals surface area contributed by atoms with E-state index >= 15 is 0 Å². The lowest BCUT2D eigenvalue weighted by Gasteiger charge is -2.10. The molecule has 0 bridgehead atoms. The van der Waals surface area contributed by atoms with E-state index in [-0.39, 0.29) is 11.0 Å². The molecule has 0 fully saturated rings. The third-order valence-electron chi connectivity index (χ3n) is 3.46. The van der Waals surface area contributed by atoms with Gasteiger partial charge >= 0.3 is 0 Å². The highest BCUT2D eigenvalue weighted by molar-refractivity contribution is 6.33. The molecule has 0 atom stereocenters. The second-order valence-electron chi connectivity index (χ2n) is 4.93. The van der Waals surface area contributed by atoms with Gasteiger partial charge < -0.3 is 9.88 Å². The number of fused-ring (bicyclic) bond motifs is 1. The van der Waals surface area contributed by atoms with Gasteiger partial charge in [0.1, 0.15) is 5.56 Å². The standard InChI is InChI=1S/C17H13ClN2O2/c1-20-10-12(16(21)11-6-2-5-9-15(11)20)17(22)19-14-8-4-3-7-13(14)18/h2-10H,1H3,(H,19,22). The first-order valence-corrected chi connectivity index (χ1v) is 7.10. The van der Waals surface area contributed by atoms with E-state index in [0.29, 0.717) is 16.1 Å². The molecule has 0 radical (unpaired) electrons. The lowest BCUT2D eigenvalue weighted by molar-refractivity contribution is 0.102. The quantitative estimate of drug-likeness (QED) is 0.788. The van der Waals surface area contributed by atoms with Crippen LogP contribution in [0.3, 0.4) is 0 Å². The summed E-state index contributed by atoms with van der Waals surface area (Å²) in [7, 11) is 1.80. The molecule has 0 aliphatic heterocycles. The van der Waals surface area contributed by atoms with Crippen molar-refractivity contribution in [3.63, 3.8) is 0 Å². The number of aryl methyl sites for hydroxylation is 1. The molecular formula is C17H13ClN2O2. The van der Waals surface area contributed by atoms with Crippen LogP contribution in [-0.2, 0) is 7.05 Å². The average molecular weight is 313 g/mol. The number of halogens is 1. The minimum atomic E-state index is -0.473. The summed E-state index contributed by atoms with van der Waals surface area (Å²) in [5.41, 5.74) is 1.05. The first-order chi connectivity index (χ1) is 10.6. The Kier molecular flexibility index (Phi) is 3.69. The fraction of sp³-hybridized carbons (Fsp3) is 0.0588. The Morgan fingerprint density at radius 3 is 2.55 bits per heavy atom. The highest BCUT2D eigenvalue weighted by Gasteiger charge is 2.15. The second kappa shape index (κ2) is 5.66. The zero-order chi connectivity index (χ0) is 15.7. The first kappa shape index (κ1) is 14.4. The van der Waals surface area contributed by atoms with Crippen LogP contribution in [0.5, 0.6) is 0 Å². The molecule has 1 heterocycles. The van der Waals surface area contributed by atoms with Crippen LogP contribution in [0.25, 0.3) is 10.9 Å². The fourth-order valence-corrected chi connectivity index (χ4v) is 2.54. The van der Waals surface area contributed by atoms with Crippen LogP contribution >= 0.6 is 11.6 Å². The molecule has 22 heavy (non-hydrogen) atoms. The number of anilines is 1. The third kappa shape index (κ3) is 2.49. The SMILES string of the molecule is Cn1cc(C(=O)Nc2ccccc2Cl)c(=O)c2ccccc21. The van der Waals surface area contributed by atoms with E-state index in [1.54, 1.807) is 48.0 Å². The van der Waals surface area contributed by atoms with E-state index in [0.717, 1.165) is 5.52 Å². The Labute approximate surface area is 132 Å². The summed E-state index contributed by atoms with van der Waals surface area (Å²) in [5, 5.41) is 3.61. The van der Waals surface area contributed by atoms with Gasteiger partial charge in [-0.3, -0.25) is 9.59 Å². The molecule has 1 aromatic heterocycles. The average Bonchev–Trinajstić information content (AvgIpc) is 2.53. The van der Waals surface area contributed by atoms with Crippen LogP contribution < -0.4 is 10.7 Å². The predicted molar refractivity (Wildman–Crippen MR) is 88.6 cm³/mol. The number of carbonyl (C=O) groups is 1. The van der Waals surface area contributed by atoms with Crippen molar-refractivity contribution in [3.05, 3.63) is 75.5 Å². The van der Waals surface area contributed by atoms with Crippen molar-refractivity contribution in [1.29, 1.82) is 0 Å². The van der Waals surface area contributed by atoms with Crippen molar-refractivity contribution in [2.75, 3.05) is 5.32 Å². The van der Waals surface area contributed by atoms with Gasteiger partial charge in [0, 0.05) is 18.6 Å². The van der Waals surface area contributed by atoms with Gasteiger partial charge in [-0.2, -0.15) is 0 Å². The van der Waals surface area contributed by atoms with Crippen molar-refractivity contribution >= 4 is 34.1 Å². The minimum Gasteiger partial charge on any atom is -0.350 e. The van der Waals surface area contributed by atoms with Crippen LogP contribution in [0.1, 0.15) is 10.4 Å². The monoisotopic (exact) mass is 312 g/mol. The number of hydrogen-bond donors (Lipinski definition) is 1. The van der Waals surface area contributed by atoms with E-state index in [1.165, 1.54) is 6.20 Å². The zero-order valence-corrected chi connectivity index (χ0v) is 12.6. The Balaban J connectivity index is 2.07. The number of amides is 1. The Hall–Kier alpha value is -2.59. The highest BCUT2D eigenvalue weighted by atomic mass is 35.5. The molecule has 3 rings (SSSR count). The highest BCUT2D eigenvalue weighted by Crippen LogP contribution is 2.21. The normalized spacial score (nSPS) is 10.6. The first-order valence-electron chi connectivity index (χ1n) is 6.72. The molecule has 0 spiro atoms. The van der Waals surface area contributed by atoms with Gasteiger partial charge in [-0.25, -0.2) is 0 Å². The molecule has 2 aromatic carbocycles. The molecule has 3 aromatic rings. The van der Waals surface area contributed by atoms with E-state index < -0.39 is 5.91 Å². The molecule has 4 nitrogen and oxygen atoms in total. The molecule has 0 saturated heterocycles. The predicted octanol–water partition coefficient (Wildman–Crippen LogP) is 3.44. The van der Waals surface area contributed by atoms with Gasteiger partial charge in [0.25, 0.3) is 5.91 Å². The molecule has 0 aliphatic rings. The van der Waals surface area contributed by atoms with Crippen LogP contribution in [-0.4, -0.2) is 10.5 Å². The summed E-state index contributed by atoms with van der Waals surface area (Å²) in [4.78, 5) is 24.9. The van der Waals surface area contributed by atoms with E-state index in [1.807, 2.05) is 12.1 Å².